The predicted molar refractivity (Wildman–Crippen MR) is 114 cm³/mol. The summed E-state index contributed by atoms with van der Waals surface area (Å²) in [5.41, 5.74) is 0.269. The molecule has 1 aromatic heterocycles. The van der Waals surface area contributed by atoms with E-state index in [1.807, 2.05) is 21.9 Å². The molecule has 0 aliphatic carbocycles. The molecule has 0 spiro atoms. The van der Waals surface area contributed by atoms with Crippen LogP contribution in [0.1, 0.15) is 41.4 Å². The number of thiophene rings is 1. The zero-order chi connectivity index (χ0) is 20.6. The average Bonchev–Trinajstić information content (AvgIpc) is 3.37. The molecule has 0 saturated carbocycles. The quantitative estimate of drug-likeness (QED) is 0.768. The lowest BCUT2D eigenvalue weighted by molar-refractivity contribution is -0.149. The van der Waals surface area contributed by atoms with Crippen molar-refractivity contribution in [1.82, 2.24) is 9.80 Å². The van der Waals surface area contributed by atoms with Crippen LogP contribution in [-0.2, 0) is 14.3 Å². The number of rotatable bonds is 4. The second-order valence-corrected chi connectivity index (χ2v) is 9.25. The maximum Gasteiger partial charge on any atom is 0.264 e. The number of nitrogens with zero attached hydrogens (tertiary/aromatic N) is 2. The third kappa shape index (κ3) is 3.79. The lowest BCUT2D eigenvalue weighted by Crippen LogP contribution is -2.45. The standard InChI is InChI=1S/C22H28N2O4S/c1-22(2,27-3)21(26)24-9-8-15(14-24)18-16-6-4-5-7-17(16)29-19(18)20(25)23-10-12-28-13-11-23/h4-7,15H,8-14H2,1-3H3/t15-/m1/s1. The van der Waals surface area contributed by atoms with Crippen LogP contribution < -0.4 is 0 Å². The van der Waals surface area contributed by atoms with Crippen LogP contribution in [0.4, 0.5) is 0 Å². The van der Waals surface area contributed by atoms with Crippen LogP contribution >= 0.6 is 11.3 Å². The molecule has 0 unspecified atom stereocenters. The summed E-state index contributed by atoms with van der Waals surface area (Å²) in [7, 11) is 1.57. The van der Waals surface area contributed by atoms with Crippen LogP contribution in [0.2, 0.25) is 0 Å². The van der Waals surface area contributed by atoms with Crippen molar-refractivity contribution in [3.8, 4) is 0 Å². The average molecular weight is 417 g/mol. The molecule has 156 valence electrons. The first kappa shape index (κ1) is 20.3. The number of morpholine rings is 1. The Labute approximate surface area is 175 Å². The molecule has 0 bridgehead atoms. The highest BCUT2D eigenvalue weighted by atomic mass is 32.1. The normalized spacial score (nSPS) is 20.4. The molecule has 2 aliphatic heterocycles. The van der Waals surface area contributed by atoms with Crippen molar-refractivity contribution in [2.75, 3.05) is 46.5 Å². The summed E-state index contributed by atoms with van der Waals surface area (Å²) in [6.45, 7) is 7.34. The fourth-order valence-corrected chi connectivity index (χ4v) is 5.45. The van der Waals surface area contributed by atoms with Gasteiger partial charge in [0.2, 0.25) is 0 Å². The summed E-state index contributed by atoms with van der Waals surface area (Å²) in [4.78, 5) is 30.8. The fourth-order valence-electron chi connectivity index (χ4n) is 4.19. The highest BCUT2D eigenvalue weighted by Gasteiger charge is 2.38. The van der Waals surface area contributed by atoms with Gasteiger partial charge in [-0.1, -0.05) is 18.2 Å². The first-order valence-electron chi connectivity index (χ1n) is 10.2. The van der Waals surface area contributed by atoms with Gasteiger partial charge in [0.15, 0.2) is 0 Å². The summed E-state index contributed by atoms with van der Waals surface area (Å²) in [6.07, 6.45) is 0.857. The summed E-state index contributed by atoms with van der Waals surface area (Å²) in [5.74, 6) is 0.248. The van der Waals surface area contributed by atoms with E-state index in [1.54, 1.807) is 32.3 Å². The van der Waals surface area contributed by atoms with Gasteiger partial charge in [-0.25, -0.2) is 0 Å². The van der Waals surface area contributed by atoms with E-state index in [-0.39, 0.29) is 17.7 Å². The molecule has 2 aliphatic rings. The van der Waals surface area contributed by atoms with Gasteiger partial charge in [-0.05, 0) is 37.3 Å². The molecule has 2 aromatic rings. The Kier molecular flexibility index (Phi) is 5.64. The van der Waals surface area contributed by atoms with Crippen molar-refractivity contribution in [2.45, 2.75) is 31.8 Å². The predicted octanol–water partition coefficient (Wildman–Crippen LogP) is 3.11. The molecule has 2 fully saturated rings. The third-order valence-electron chi connectivity index (χ3n) is 6.04. The molecule has 2 saturated heterocycles. The van der Waals surface area contributed by atoms with Gasteiger partial charge in [0.25, 0.3) is 11.8 Å². The largest absolute Gasteiger partial charge is 0.378 e. The van der Waals surface area contributed by atoms with Crippen LogP contribution in [0.15, 0.2) is 24.3 Å². The second kappa shape index (κ2) is 8.05. The molecule has 1 aromatic carbocycles. The number of likely N-dealkylation sites (tertiary alicyclic amines) is 1. The Bertz CT molecular complexity index is 917. The number of hydrogen-bond donors (Lipinski definition) is 0. The third-order valence-corrected chi connectivity index (χ3v) is 7.21. The fraction of sp³-hybridized carbons (Fsp3) is 0.545. The molecule has 0 N–H and O–H groups in total. The van der Waals surface area contributed by atoms with Gasteiger partial charge in [-0.3, -0.25) is 9.59 Å². The van der Waals surface area contributed by atoms with Crippen molar-refractivity contribution in [3.63, 3.8) is 0 Å². The highest BCUT2D eigenvalue weighted by molar-refractivity contribution is 7.21. The first-order chi connectivity index (χ1) is 13.9. The molecule has 29 heavy (non-hydrogen) atoms. The van der Waals surface area contributed by atoms with E-state index in [0.717, 1.165) is 26.9 Å². The lowest BCUT2D eigenvalue weighted by Gasteiger charge is -2.28. The number of ether oxygens (including phenoxy) is 2. The number of fused-ring (bicyclic) bond motifs is 1. The SMILES string of the molecule is COC(C)(C)C(=O)N1CC[C@@H](c2c(C(=O)N3CCOCC3)sc3ccccc23)C1. The van der Waals surface area contributed by atoms with Gasteiger partial charge < -0.3 is 19.3 Å². The molecular weight excluding hydrogens is 388 g/mol. The number of carbonyl (C=O) groups is 2. The van der Waals surface area contributed by atoms with Crippen LogP contribution in [0.5, 0.6) is 0 Å². The van der Waals surface area contributed by atoms with E-state index in [0.29, 0.717) is 39.4 Å². The number of hydrogen-bond acceptors (Lipinski definition) is 5. The number of methoxy groups -OCH3 is 1. The molecule has 6 nitrogen and oxygen atoms in total. The molecule has 1 atom stereocenters. The Balaban J connectivity index is 1.66. The molecule has 4 rings (SSSR count). The number of amides is 2. The summed E-state index contributed by atoms with van der Waals surface area (Å²) in [6, 6.07) is 8.21. The number of carbonyl (C=O) groups excluding carboxylic acids is 2. The van der Waals surface area contributed by atoms with Crippen molar-refractivity contribution in [2.24, 2.45) is 0 Å². The Morgan fingerprint density at radius 3 is 2.59 bits per heavy atom. The van der Waals surface area contributed by atoms with E-state index < -0.39 is 5.60 Å². The van der Waals surface area contributed by atoms with Gasteiger partial charge in [-0.2, -0.15) is 0 Å². The zero-order valence-corrected chi connectivity index (χ0v) is 18.1. The van der Waals surface area contributed by atoms with Crippen LogP contribution in [-0.4, -0.2) is 73.7 Å². The summed E-state index contributed by atoms with van der Waals surface area (Å²) < 4.78 is 11.9. The van der Waals surface area contributed by atoms with Gasteiger partial charge in [0, 0.05) is 43.9 Å². The Morgan fingerprint density at radius 2 is 1.86 bits per heavy atom. The Morgan fingerprint density at radius 1 is 1.14 bits per heavy atom. The van der Waals surface area contributed by atoms with Crippen molar-refractivity contribution < 1.29 is 19.1 Å². The van der Waals surface area contributed by atoms with E-state index in [9.17, 15) is 9.59 Å². The molecule has 7 heteroatoms. The van der Waals surface area contributed by atoms with E-state index in [1.165, 1.54) is 0 Å². The van der Waals surface area contributed by atoms with Crippen molar-refractivity contribution in [3.05, 3.63) is 34.7 Å². The van der Waals surface area contributed by atoms with Gasteiger partial charge >= 0.3 is 0 Å². The summed E-state index contributed by atoms with van der Waals surface area (Å²) >= 11 is 1.57. The van der Waals surface area contributed by atoms with Gasteiger partial charge in [0.05, 0.1) is 18.1 Å². The highest BCUT2D eigenvalue weighted by Crippen LogP contribution is 2.41. The van der Waals surface area contributed by atoms with E-state index in [2.05, 4.69) is 12.1 Å². The van der Waals surface area contributed by atoms with Crippen LogP contribution in [0.3, 0.4) is 0 Å². The first-order valence-corrected chi connectivity index (χ1v) is 11.0. The maximum absolute atomic E-state index is 13.3. The van der Waals surface area contributed by atoms with Crippen LogP contribution in [0, 0.1) is 0 Å². The van der Waals surface area contributed by atoms with E-state index >= 15 is 0 Å². The molecular formula is C22H28N2O4S. The van der Waals surface area contributed by atoms with Crippen LogP contribution in [0.25, 0.3) is 10.1 Å². The lowest BCUT2D eigenvalue weighted by atomic mass is 9.94. The maximum atomic E-state index is 13.3. The zero-order valence-electron chi connectivity index (χ0n) is 17.3. The molecule has 3 heterocycles. The number of benzene rings is 1. The van der Waals surface area contributed by atoms with Gasteiger partial charge in [0.1, 0.15) is 5.60 Å². The topological polar surface area (TPSA) is 59.1 Å². The second-order valence-electron chi connectivity index (χ2n) is 8.20. The van der Waals surface area contributed by atoms with Crippen molar-refractivity contribution >= 4 is 33.2 Å². The smallest absolute Gasteiger partial charge is 0.264 e. The minimum atomic E-state index is -0.835. The Hall–Kier alpha value is -1.96. The minimum absolute atomic E-state index is 0.00286. The summed E-state index contributed by atoms with van der Waals surface area (Å²) in [5, 5.41) is 1.14. The monoisotopic (exact) mass is 416 g/mol. The van der Waals surface area contributed by atoms with E-state index in [4.69, 9.17) is 9.47 Å². The molecule has 2 amide bonds. The van der Waals surface area contributed by atoms with Crippen molar-refractivity contribution in [1.29, 1.82) is 0 Å². The molecule has 0 radical (unpaired) electrons. The van der Waals surface area contributed by atoms with Gasteiger partial charge in [-0.15, -0.1) is 11.3 Å². The minimum Gasteiger partial charge on any atom is -0.378 e.